The zero-order valence-electron chi connectivity index (χ0n) is 15.4. The first-order chi connectivity index (χ1) is 12.4. The Balaban J connectivity index is 1.56. The molecule has 3 heterocycles. The van der Waals surface area contributed by atoms with Gasteiger partial charge in [-0.25, -0.2) is 4.98 Å². The van der Waals surface area contributed by atoms with Gasteiger partial charge in [0.05, 0.1) is 18.0 Å². The molecular weight excluding hydrogens is 334 g/mol. The first kappa shape index (κ1) is 17.2. The third-order valence-electron chi connectivity index (χ3n) is 6.33. The van der Waals surface area contributed by atoms with Crippen molar-refractivity contribution in [3.63, 3.8) is 0 Å². The van der Waals surface area contributed by atoms with Crippen LogP contribution in [0.3, 0.4) is 0 Å². The number of aromatic nitrogens is 2. The molecule has 1 spiro atoms. The molecule has 26 heavy (non-hydrogen) atoms. The maximum absolute atomic E-state index is 13.2. The molecular formula is C19H25N3O4. The summed E-state index contributed by atoms with van der Waals surface area (Å²) in [5.41, 5.74) is 0.907. The van der Waals surface area contributed by atoms with E-state index in [-0.39, 0.29) is 29.8 Å². The Kier molecular flexibility index (Phi) is 4.12. The SMILES string of the molecule is Cc1nc2c(c(=O)n1C)CCN(C(=O)[C@@H]1CC(=O)OC13CCCC3)CC2. The Bertz CT molecular complexity index is 823. The number of hydrogen-bond acceptors (Lipinski definition) is 5. The Morgan fingerprint density at radius 3 is 2.62 bits per heavy atom. The Morgan fingerprint density at radius 1 is 1.19 bits per heavy atom. The molecule has 0 unspecified atom stereocenters. The van der Waals surface area contributed by atoms with E-state index in [0.717, 1.165) is 31.4 Å². The quantitative estimate of drug-likeness (QED) is 0.696. The summed E-state index contributed by atoms with van der Waals surface area (Å²) in [6.45, 7) is 2.85. The Hall–Kier alpha value is -2.18. The van der Waals surface area contributed by atoms with Gasteiger partial charge in [-0.3, -0.25) is 19.0 Å². The van der Waals surface area contributed by atoms with Gasteiger partial charge >= 0.3 is 5.97 Å². The fourth-order valence-electron chi connectivity index (χ4n) is 4.74. The molecule has 4 rings (SSSR count). The molecule has 140 valence electrons. The predicted molar refractivity (Wildman–Crippen MR) is 93.6 cm³/mol. The average molecular weight is 359 g/mol. The van der Waals surface area contributed by atoms with E-state index >= 15 is 0 Å². The number of rotatable bonds is 1. The van der Waals surface area contributed by atoms with Gasteiger partial charge in [-0.2, -0.15) is 0 Å². The third kappa shape index (κ3) is 2.64. The smallest absolute Gasteiger partial charge is 0.307 e. The van der Waals surface area contributed by atoms with Gasteiger partial charge in [0.1, 0.15) is 11.4 Å². The standard InChI is InChI=1S/C19H25N3O4/c1-12-20-15-6-10-22(9-5-13(15)17(24)21(12)2)18(25)14-11-16(23)26-19(14)7-3-4-8-19/h14H,3-11H2,1-2H3/t14-/m0/s1. The molecule has 0 N–H and O–H groups in total. The highest BCUT2D eigenvalue weighted by atomic mass is 16.6. The lowest BCUT2D eigenvalue weighted by Crippen LogP contribution is -2.45. The van der Waals surface area contributed by atoms with E-state index in [1.54, 1.807) is 11.6 Å². The van der Waals surface area contributed by atoms with Crippen LogP contribution in [-0.2, 0) is 34.2 Å². The first-order valence-electron chi connectivity index (χ1n) is 9.47. The highest BCUT2D eigenvalue weighted by Gasteiger charge is 2.54. The van der Waals surface area contributed by atoms with Crippen molar-refractivity contribution < 1.29 is 14.3 Å². The van der Waals surface area contributed by atoms with Gasteiger partial charge in [0.25, 0.3) is 5.56 Å². The van der Waals surface area contributed by atoms with Gasteiger partial charge in [-0.15, -0.1) is 0 Å². The van der Waals surface area contributed by atoms with Gasteiger partial charge in [0.15, 0.2) is 0 Å². The molecule has 7 heteroatoms. The number of esters is 1. The minimum absolute atomic E-state index is 0.000831. The number of fused-ring (bicyclic) bond motifs is 1. The van der Waals surface area contributed by atoms with Crippen LogP contribution in [0.15, 0.2) is 4.79 Å². The highest BCUT2D eigenvalue weighted by molar-refractivity contribution is 5.88. The van der Waals surface area contributed by atoms with Crippen molar-refractivity contribution in [1.29, 1.82) is 0 Å². The second-order valence-corrected chi connectivity index (χ2v) is 7.78. The second-order valence-electron chi connectivity index (χ2n) is 7.78. The number of carbonyl (C=O) groups excluding carboxylic acids is 2. The van der Waals surface area contributed by atoms with Crippen molar-refractivity contribution in [2.45, 2.75) is 57.5 Å². The van der Waals surface area contributed by atoms with E-state index in [4.69, 9.17) is 4.74 Å². The van der Waals surface area contributed by atoms with Crippen LogP contribution in [-0.4, -0.2) is 45.0 Å². The van der Waals surface area contributed by atoms with Crippen LogP contribution in [0.1, 0.15) is 49.2 Å². The van der Waals surface area contributed by atoms with Crippen LogP contribution in [0.5, 0.6) is 0 Å². The van der Waals surface area contributed by atoms with Crippen LogP contribution < -0.4 is 5.56 Å². The van der Waals surface area contributed by atoms with Crippen molar-refractivity contribution in [2.75, 3.05) is 13.1 Å². The van der Waals surface area contributed by atoms with Crippen LogP contribution in [0.4, 0.5) is 0 Å². The molecule has 2 aliphatic heterocycles. The predicted octanol–water partition coefficient (Wildman–Crippen LogP) is 0.892. The van der Waals surface area contributed by atoms with E-state index in [0.29, 0.717) is 37.3 Å². The van der Waals surface area contributed by atoms with Gasteiger partial charge in [0.2, 0.25) is 5.91 Å². The number of nitrogens with zero attached hydrogens (tertiary/aromatic N) is 3. The van der Waals surface area contributed by atoms with E-state index < -0.39 is 5.60 Å². The number of ether oxygens (including phenoxy) is 1. The van der Waals surface area contributed by atoms with E-state index in [2.05, 4.69) is 4.98 Å². The van der Waals surface area contributed by atoms with Gasteiger partial charge < -0.3 is 9.64 Å². The number of carbonyl (C=O) groups is 2. The van der Waals surface area contributed by atoms with Crippen molar-refractivity contribution in [3.8, 4) is 0 Å². The monoisotopic (exact) mass is 359 g/mol. The number of amides is 1. The molecule has 1 saturated carbocycles. The second kappa shape index (κ2) is 6.21. The lowest BCUT2D eigenvalue weighted by Gasteiger charge is -2.32. The minimum atomic E-state index is -0.585. The summed E-state index contributed by atoms with van der Waals surface area (Å²) in [4.78, 5) is 44.0. The van der Waals surface area contributed by atoms with Crippen molar-refractivity contribution in [3.05, 3.63) is 27.4 Å². The molecule has 2 fully saturated rings. The first-order valence-corrected chi connectivity index (χ1v) is 9.47. The molecule has 1 saturated heterocycles. The van der Waals surface area contributed by atoms with Gasteiger partial charge in [0, 0.05) is 32.1 Å². The lowest BCUT2D eigenvalue weighted by molar-refractivity contribution is -0.151. The van der Waals surface area contributed by atoms with Gasteiger partial charge in [-0.05, 0) is 39.0 Å². The minimum Gasteiger partial charge on any atom is -0.458 e. The summed E-state index contributed by atoms with van der Waals surface area (Å²) in [5.74, 6) is 0.0538. The van der Waals surface area contributed by atoms with E-state index in [9.17, 15) is 14.4 Å². The maximum atomic E-state index is 13.2. The summed E-state index contributed by atoms with van der Waals surface area (Å²) in [7, 11) is 1.73. The summed E-state index contributed by atoms with van der Waals surface area (Å²) < 4.78 is 7.19. The van der Waals surface area contributed by atoms with Crippen LogP contribution >= 0.6 is 0 Å². The largest absolute Gasteiger partial charge is 0.458 e. The summed E-state index contributed by atoms with van der Waals surface area (Å²) >= 11 is 0. The molecule has 0 bridgehead atoms. The summed E-state index contributed by atoms with van der Waals surface area (Å²) in [5, 5.41) is 0. The fraction of sp³-hybridized carbons (Fsp3) is 0.684. The van der Waals surface area contributed by atoms with Crippen LogP contribution in [0, 0.1) is 12.8 Å². The molecule has 1 atom stereocenters. The fourth-order valence-corrected chi connectivity index (χ4v) is 4.74. The molecule has 3 aliphatic rings. The molecule has 1 aliphatic carbocycles. The Morgan fingerprint density at radius 2 is 1.88 bits per heavy atom. The molecule has 1 aromatic rings. The lowest BCUT2D eigenvalue weighted by atomic mass is 9.84. The van der Waals surface area contributed by atoms with Gasteiger partial charge in [-0.1, -0.05) is 0 Å². The molecule has 7 nitrogen and oxygen atoms in total. The van der Waals surface area contributed by atoms with Crippen LogP contribution in [0.2, 0.25) is 0 Å². The van der Waals surface area contributed by atoms with Crippen molar-refractivity contribution >= 4 is 11.9 Å². The van der Waals surface area contributed by atoms with Crippen molar-refractivity contribution in [1.82, 2.24) is 14.5 Å². The normalized spacial score (nSPS) is 24.5. The highest BCUT2D eigenvalue weighted by Crippen LogP contribution is 2.46. The van der Waals surface area contributed by atoms with E-state index in [1.807, 2.05) is 11.8 Å². The topological polar surface area (TPSA) is 81.5 Å². The summed E-state index contributed by atoms with van der Waals surface area (Å²) in [6, 6.07) is 0. The molecule has 0 aromatic carbocycles. The maximum Gasteiger partial charge on any atom is 0.307 e. The zero-order chi connectivity index (χ0) is 18.5. The molecule has 0 radical (unpaired) electrons. The van der Waals surface area contributed by atoms with Crippen molar-refractivity contribution in [2.24, 2.45) is 13.0 Å². The number of hydrogen-bond donors (Lipinski definition) is 0. The average Bonchev–Trinajstić information content (AvgIpc) is 3.14. The summed E-state index contributed by atoms with van der Waals surface area (Å²) in [6.07, 6.45) is 4.84. The van der Waals surface area contributed by atoms with Crippen LogP contribution in [0.25, 0.3) is 0 Å². The molecule has 1 aromatic heterocycles. The number of aryl methyl sites for hydroxylation is 1. The Labute approximate surface area is 152 Å². The third-order valence-corrected chi connectivity index (χ3v) is 6.33. The van der Waals surface area contributed by atoms with E-state index in [1.165, 1.54) is 0 Å². The zero-order valence-corrected chi connectivity index (χ0v) is 15.4. The molecule has 1 amide bonds.